The number of carbonyl (C=O) groups excluding carboxylic acids is 1. The van der Waals surface area contributed by atoms with E-state index in [1.165, 1.54) is 0 Å². The lowest BCUT2D eigenvalue weighted by atomic mass is 10.4. The van der Waals surface area contributed by atoms with Crippen LogP contribution in [0.2, 0.25) is 0 Å². The van der Waals surface area contributed by atoms with Gasteiger partial charge >= 0.3 is 6.03 Å². The lowest BCUT2D eigenvalue weighted by molar-refractivity contribution is 0.215. The quantitative estimate of drug-likeness (QED) is 0.769. The first kappa shape index (κ1) is 14.9. The summed E-state index contributed by atoms with van der Waals surface area (Å²) in [5, 5.41) is 10.1. The van der Waals surface area contributed by atoms with E-state index in [9.17, 15) is 4.79 Å². The number of anilines is 2. The Morgan fingerprint density at radius 3 is 2.92 bits per heavy atom. The smallest absolute Gasteiger partial charge is 0.323 e. The predicted octanol–water partition coefficient (Wildman–Crippen LogP) is 1.93. The van der Waals surface area contributed by atoms with Crippen molar-refractivity contribution in [2.45, 2.75) is 6.42 Å². The van der Waals surface area contributed by atoms with Crippen LogP contribution in [0.15, 0.2) is 36.1 Å². The van der Waals surface area contributed by atoms with Crippen molar-refractivity contribution in [1.29, 1.82) is 0 Å². The minimum absolute atomic E-state index is 0.112. The van der Waals surface area contributed by atoms with E-state index in [4.69, 9.17) is 0 Å². The second-order valence-electron chi connectivity index (χ2n) is 5.50. The topological polar surface area (TPSA) is 78.7 Å². The molecule has 124 valence electrons. The lowest BCUT2D eigenvalue weighted by Crippen LogP contribution is -2.38. The number of aromatic nitrogens is 4. The molecule has 0 aromatic carbocycles. The highest BCUT2D eigenvalue weighted by Gasteiger charge is 2.21. The molecule has 2 amide bonds. The van der Waals surface area contributed by atoms with Crippen LogP contribution < -0.4 is 10.2 Å². The van der Waals surface area contributed by atoms with Crippen LogP contribution >= 0.6 is 11.3 Å². The van der Waals surface area contributed by atoms with E-state index in [1.807, 2.05) is 16.5 Å². The van der Waals surface area contributed by atoms with Crippen LogP contribution in [0.25, 0.3) is 5.65 Å². The maximum atomic E-state index is 12.6. The third kappa shape index (κ3) is 2.90. The molecule has 1 aliphatic heterocycles. The Labute approximate surface area is 142 Å². The number of rotatable bonds is 2. The standard InChI is InChI=1S/C15H17N7OS/c23-14(19-13-2-4-16-12-3-5-18-22(12)13)20-7-1-8-21(10-9-20)15-17-6-11-24-15/h2-6,11H,1,7-10H2,(H,19,23). The molecule has 1 fully saturated rings. The highest BCUT2D eigenvalue weighted by atomic mass is 32.1. The predicted molar refractivity (Wildman–Crippen MR) is 92.5 cm³/mol. The van der Waals surface area contributed by atoms with Gasteiger partial charge in [-0.15, -0.1) is 11.3 Å². The van der Waals surface area contributed by atoms with Gasteiger partial charge in [0.25, 0.3) is 0 Å². The number of hydrogen-bond donors (Lipinski definition) is 1. The van der Waals surface area contributed by atoms with Crippen LogP contribution in [-0.4, -0.2) is 56.7 Å². The molecular formula is C15H17N7OS. The average Bonchev–Trinajstić information content (AvgIpc) is 3.23. The summed E-state index contributed by atoms with van der Waals surface area (Å²) < 4.78 is 1.62. The van der Waals surface area contributed by atoms with Gasteiger partial charge in [0.2, 0.25) is 0 Å². The van der Waals surface area contributed by atoms with Crippen LogP contribution in [0.1, 0.15) is 6.42 Å². The van der Waals surface area contributed by atoms with Gasteiger partial charge in [0.05, 0.1) is 6.20 Å². The summed E-state index contributed by atoms with van der Waals surface area (Å²) in [5.74, 6) is 0.621. The Morgan fingerprint density at radius 2 is 2.04 bits per heavy atom. The first-order chi connectivity index (χ1) is 11.8. The second-order valence-corrected chi connectivity index (χ2v) is 6.38. The Balaban J connectivity index is 1.44. The van der Waals surface area contributed by atoms with Gasteiger partial charge in [-0.1, -0.05) is 0 Å². The van der Waals surface area contributed by atoms with E-state index in [1.54, 1.807) is 40.4 Å². The van der Waals surface area contributed by atoms with Crippen molar-refractivity contribution >= 4 is 34.0 Å². The van der Waals surface area contributed by atoms with Crippen molar-refractivity contribution in [3.05, 3.63) is 36.1 Å². The zero-order valence-corrected chi connectivity index (χ0v) is 13.8. The van der Waals surface area contributed by atoms with Gasteiger partial charge in [-0.25, -0.2) is 14.8 Å². The number of nitrogens with zero attached hydrogens (tertiary/aromatic N) is 6. The first-order valence-corrected chi connectivity index (χ1v) is 8.68. The van der Waals surface area contributed by atoms with Crippen molar-refractivity contribution in [1.82, 2.24) is 24.5 Å². The number of amides is 2. The van der Waals surface area contributed by atoms with Crippen molar-refractivity contribution in [3.63, 3.8) is 0 Å². The zero-order chi connectivity index (χ0) is 16.4. The summed E-state index contributed by atoms with van der Waals surface area (Å²) in [6.07, 6.45) is 6.06. The van der Waals surface area contributed by atoms with Gasteiger partial charge in [-0.3, -0.25) is 5.32 Å². The molecular weight excluding hydrogens is 326 g/mol. The first-order valence-electron chi connectivity index (χ1n) is 7.80. The fourth-order valence-electron chi connectivity index (χ4n) is 2.80. The normalized spacial score (nSPS) is 15.5. The van der Waals surface area contributed by atoms with Crippen molar-refractivity contribution in [3.8, 4) is 0 Å². The molecule has 0 bridgehead atoms. The number of carbonyl (C=O) groups is 1. The fourth-order valence-corrected chi connectivity index (χ4v) is 3.50. The van der Waals surface area contributed by atoms with E-state index in [0.717, 1.165) is 31.2 Å². The number of hydrogen-bond acceptors (Lipinski definition) is 6. The van der Waals surface area contributed by atoms with Crippen molar-refractivity contribution < 1.29 is 4.79 Å². The molecule has 8 nitrogen and oxygen atoms in total. The monoisotopic (exact) mass is 343 g/mol. The lowest BCUT2D eigenvalue weighted by Gasteiger charge is -2.22. The van der Waals surface area contributed by atoms with Crippen LogP contribution in [0.3, 0.4) is 0 Å². The van der Waals surface area contributed by atoms with Crippen LogP contribution in [0.4, 0.5) is 15.7 Å². The molecule has 1 N–H and O–H groups in total. The molecule has 4 heterocycles. The molecule has 0 saturated carbocycles. The van der Waals surface area contributed by atoms with E-state index in [-0.39, 0.29) is 6.03 Å². The zero-order valence-electron chi connectivity index (χ0n) is 13.0. The molecule has 4 rings (SSSR count). The van der Waals surface area contributed by atoms with E-state index < -0.39 is 0 Å². The maximum Gasteiger partial charge on any atom is 0.323 e. The summed E-state index contributed by atoms with van der Waals surface area (Å²) in [4.78, 5) is 25.2. The Kier molecular flexibility index (Phi) is 3.99. The van der Waals surface area contributed by atoms with Gasteiger partial charge in [0, 0.05) is 50.0 Å². The van der Waals surface area contributed by atoms with Crippen LogP contribution in [0.5, 0.6) is 0 Å². The van der Waals surface area contributed by atoms with Crippen molar-refractivity contribution in [2.75, 3.05) is 36.4 Å². The summed E-state index contributed by atoms with van der Waals surface area (Å²) in [6, 6.07) is 3.43. The number of fused-ring (bicyclic) bond motifs is 1. The number of urea groups is 1. The summed E-state index contributed by atoms with van der Waals surface area (Å²) in [5.41, 5.74) is 0.707. The highest BCUT2D eigenvalue weighted by molar-refractivity contribution is 7.13. The molecule has 24 heavy (non-hydrogen) atoms. The molecule has 0 atom stereocenters. The Morgan fingerprint density at radius 1 is 1.08 bits per heavy atom. The van der Waals surface area contributed by atoms with Crippen molar-refractivity contribution in [2.24, 2.45) is 0 Å². The Hall–Kier alpha value is -2.68. The minimum atomic E-state index is -0.112. The van der Waals surface area contributed by atoms with Gasteiger partial charge < -0.3 is 9.80 Å². The molecule has 1 aliphatic rings. The largest absolute Gasteiger partial charge is 0.346 e. The molecule has 1 saturated heterocycles. The van der Waals surface area contributed by atoms with E-state index in [2.05, 4.69) is 25.3 Å². The summed E-state index contributed by atoms with van der Waals surface area (Å²) in [7, 11) is 0. The number of thiazole rings is 1. The highest BCUT2D eigenvalue weighted by Crippen LogP contribution is 2.19. The Bertz CT molecular complexity index is 831. The van der Waals surface area contributed by atoms with Crippen LogP contribution in [0, 0.1) is 0 Å². The fraction of sp³-hybridized carbons (Fsp3) is 0.333. The molecule has 0 aliphatic carbocycles. The molecule has 0 spiro atoms. The third-order valence-electron chi connectivity index (χ3n) is 4.00. The van der Waals surface area contributed by atoms with E-state index in [0.29, 0.717) is 18.0 Å². The molecule has 0 unspecified atom stereocenters. The van der Waals surface area contributed by atoms with Gasteiger partial charge in [0.15, 0.2) is 10.8 Å². The molecule has 9 heteroatoms. The third-order valence-corrected chi connectivity index (χ3v) is 4.83. The van der Waals surface area contributed by atoms with Gasteiger partial charge in [-0.2, -0.15) is 9.61 Å². The molecule has 0 radical (unpaired) electrons. The summed E-state index contributed by atoms with van der Waals surface area (Å²) in [6.45, 7) is 3.09. The number of nitrogens with one attached hydrogen (secondary N) is 1. The summed E-state index contributed by atoms with van der Waals surface area (Å²) >= 11 is 1.63. The van der Waals surface area contributed by atoms with Crippen LogP contribution in [-0.2, 0) is 0 Å². The van der Waals surface area contributed by atoms with Gasteiger partial charge in [-0.05, 0) is 12.5 Å². The SMILES string of the molecule is O=C(Nc1ccnc2ccnn12)N1CCCN(c2nccs2)CC1. The maximum absolute atomic E-state index is 12.6. The molecule has 3 aromatic rings. The molecule has 3 aromatic heterocycles. The van der Waals surface area contributed by atoms with E-state index >= 15 is 0 Å². The minimum Gasteiger partial charge on any atom is -0.346 e. The van der Waals surface area contributed by atoms with Gasteiger partial charge in [0.1, 0.15) is 5.82 Å². The second kappa shape index (κ2) is 6.44. The average molecular weight is 343 g/mol.